The van der Waals surface area contributed by atoms with Crippen LogP contribution in [0.4, 0.5) is 0 Å². The molecule has 7 nitrogen and oxygen atoms in total. The molecule has 0 radical (unpaired) electrons. The van der Waals surface area contributed by atoms with Gasteiger partial charge in [-0.05, 0) is 18.2 Å². The van der Waals surface area contributed by atoms with Gasteiger partial charge in [-0.1, -0.05) is 12.1 Å². The summed E-state index contributed by atoms with van der Waals surface area (Å²) in [6.45, 7) is 5.17. The molecule has 1 atom stereocenters. The number of rotatable bonds is 4. The number of aromatic hydroxyl groups is 1. The van der Waals surface area contributed by atoms with E-state index in [9.17, 15) is 5.11 Å². The van der Waals surface area contributed by atoms with Crippen LogP contribution in [0.15, 0.2) is 41.9 Å². The second-order valence-corrected chi connectivity index (χ2v) is 6.23. The maximum atomic E-state index is 9.99. The van der Waals surface area contributed by atoms with Crippen molar-refractivity contribution < 1.29 is 5.11 Å². The lowest BCUT2D eigenvalue weighted by molar-refractivity contribution is 0.0976. The Bertz CT molecular complexity index is 656. The Hall–Kier alpha value is -2.38. The van der Waals surface area contributed by atoms with Crippen LogP contribution in [0.5, 0.6) is 5.75 Å². The summed E-state index contributed by atoms with van der Waals surface area (Å²) < 4.78 is 0. The number of piperazine rings is 1. The van der Waals surface area contributed by atoms with Crippen LogP contribution >= 0.6 is 0 Å². The molecule has 130 valence electrons. The van der Waals surface area contributed by atoms with Crippen molar-refractivity contribution in [3.05, 3.63) is 47.4 Å². The molecule has 2 heterocycles. The van der Waals surface area contributed by atoms with Crippen molar-refractivity contribution in [3.63, 3.8) is 0 Å². The summed E-state index contributed by atoms with van der Waals surface area (Å²) >= 11 is 0. The van der Waals surface area contributed by atoms with Crippen molar-refractivity contribution in [2.75, 3.05) is 39.3 Å². The Morgan fingerprint density at radius 1 is 1.33 bits per heavy atom. The molecule has 2 aliphatic rings. The number of hydrogen-bond donors (Lipinski definition) is 5. The molecule has 0 bridgehead atoms. The summed E-state index contributed by atoms with van der Waals surface area (Å²) in [5, 5.41) is 13.2. The van der Waals surface area contributed by atoms with Gasteiger partial charge in [0, 0.05) is 50.5 Å². The average Bonchev–Trinajstić information content (AvgIpc) is 2.58. The van der Waals surface area contributed by atoms with Gasteiger partial charge in [0.2, 0.25) is 0 Å². The zero-order chi connectivity index (χ0) is 17.1. The Balaban J connectivity index is 1.84. The van der Waals surface area contributed by atoms with Crippen molar-refractivity contribution >= 4 is 5.70 Å². The molecule has 1 aromatic rings. The molecule has 1 fully saturated rings. The maximum Gasteiger partial charge on any atom is 0.124 e. The van der Waals surface area contributed by atoms with E-state index in [4.69, 9.17) is 17.2 Å². The normalized spacial score (nSPS) is 22.3. The number of fused-ring (bicyclic) bond motifs is 1. The fraction of sp³-hybridized carbons (Fsp3) is 0.412. The second-order valence-electron chi connectivity index (χ2n) is 6.23. The minimum Gasteiger partial charge on any atom is -0.507 e. The van der Waals surface area contributed by atoms with Crippen LogP contribution in [-0.4, -0.2) is 60.2 Å². The Morgan fingerprint density at radius 3 is 2.88 bits per heavy atom. The average molecular weight is 330 g/mol. The van der Waals surface area contributed by atoms with Gasteiger partial charge in [-0.2, -0.15) is 0 Å². The summed E-state index contributed by atoms with van der Waals surface area (Å²) in [5.74, 6) is 0.787. The predicted octanol–water partition coefficient (Wildman–Crippen LogP) is -0.632. The van der Waals surface area contributed by atoms with Gasteiger partial charge in [0.25, 0.3) is 0 Å². The first-order chi connectivity index (χ1) is 11.6. The van der Waals surface area contributed by atoms with Crippen molar-refractivity contribution in [2.45, 2.75) is 6.04 Å². The zero-order valence-electron chi connectivity index (χ0n) is 13.8. The van der Waals surface area contributed by atoms with Crippen LogP contribution in [0.2, 0.25) is 0 Å². The Morgan fingerprint density at radius 2 is 2.12 bits per heavy atom. The fourth-order valence-corrected chi connectivity index (χ4v) is 3.37. The minimum atomic E-state index is 0.165. The molecule has 2 aliphatic heterocycles. The molecular weight excluding hydrogens is 304 g/mol. The molecule has 0 spiro atoms. The number of nitrogens with one attached hydrogen (secondary N) is 1. The van der Waals surface area contributed by atoms with Crippen LogP contribution in [-0.2, 0) is 0 Å². The van der Waals surface area contributed by atoms with Gasteiger partial charge < -0.3 is 32.5 Å². The van der Waals surface area contributed by atoms with Crippen LogP contribution in [0.25, 0.3) is 5.70 Å². The lowest BCUT2D eigenvalue weighted by Crippen LogP contribution is -2.59. The van der Waals surface area contributed by atoms with E-state index in [2.05, 4.69) is 15.1 Å². The van der Waals surface area contributed by atoms with E-state index >= 15 is 0 Å². The molecule has 0 saturated carbocycles. The zero-order valence-corrected chi connectivity index (χ0v) is 13.8. The second kappa shape index (κ2) is 7.02. The third-order valence-electron chi connectivity index (χ3n) is 4.63. The van der Waals surface area contributed by atoms with Gasteiger partial charge >= 0.3 is 0 Å². The van der Waals surface area contributed by atoms with Gasteiger partial charge in [-0.3, -0.25) is 4.90 Å². The smallest absolute Gasteiger partial charge is 0.124 e. The first-order valence-electron chi connectivity index (χ1n) is 8.28. The van der Waals surface area contributed by atoms with E-state index in [0.717, 1.165) is 38.4 Å². The van der Waals surface area contributed by atoms with Crippen molar-refractivity contribution in [2.24, 2.45) is 17.2 Å². The lowest BCUT2D eigenvalue weighted by Gasteiger charge is -2.46. The van der Waals surface area contributed by atoms with Crippen LogP contribution in [0.1, 0.15) is 5.56 Å². The van der Waals surface area contributed by atoms with E-state index in [1.165, 1.54) is 0 Å². The molecule has 0 aliphatic carbocycles. The van der Waals surface area contributed by atoms with Crippen LogP contribution in [0, 0.1) is 0 Å². The molecule has 1 unspecified atom stereocenters. The molecule has 8 N–H and O–H groups in total. The highest BCUT2D eigenvalue weighted by atomic mass is 16.3. The van der Waals surface area contributed by atoms with E-state index in [0.29, 0.717) is 29.7 Å². The molecule has 0 amide bonds. The summed E-state index contributed by atoms with van der Waals surface area (Å²) in [7, 11) is 0. The predicted molar refractivity (Wildman–Crippen MR) is 95.5 cm³/mol. The minimum absolute atomic E-state index is 0.165. The van der Waals surface area contributed by atoms with E-state index in [1.54, 1.807) is 18.2 Å². The fourth-order valence-electron chi connectivity index (χ4n) is 3.37. The SMILES string of the molecule is NCCN1CCN2C(/C=C(\N)c3ccccc3O)=C(N)NCC2C1. The first kappa shape index (κ1) is 16.5. The van der Waals surface area contributed by atoms with E-state index in [-0.39, 0.29) is 5.75 Å². The number of hydrogen-bond acceptors (Lipinski definition) is 7. The van der Waals surface area contributed by atoms with Crippen LogP contribution in [0.3, 0.4) is 0 Å². The summed E-state index contributed by atoms with van der Waals surface area (Å²) in [4.78, 5) is 4.67. The van der Waals surface area contributed by atoms with E-state index in [1.807, 2.05) is 12.1 Å². The number of nitrogens with zero attached hydrogens (tertiary/aromatic N) is 2. The molecule has 24 heavy (non-hydrogen) atoms. The van der Waals surface area contributed by atoms with Gasteiger partial charge in [0.15, 0.2) is 0 Å². The van der Waals surface area contributed by atoms with Crippen molar-refractivity contribution in [1.29, 1.82) is 0 Å². The number of nitrogens with two attached hydrogens (primary N) is 3. The standard InChI is InChI=1S/C17H26N6O/c18-5-6-22-7-8-23-12(11-22)10-21-17(20)15(23)9-14(19)13-3-1-2-4-16(13)24/h1-4,9,12,21,24H,5-8,10-11,18-20H2/b14-9-. The Labute approximate surface area is 142 Å². The molecular formula is C17H26N6O. The van der Waals surface area contributed by atoms with Crippen molar-refractivity contribution in [1.82, 2.24) is 15.1 Å². The monoisotopic (exact) mass is 330 g/mol. The summed E-state index contributed by atoms with van der Waals surface area (Å²) in [5.41, 5.74) is 20.1. The Kier molecular flexibility index (Phi) is 4.82. The number of allylic oxidation sites excluding steroid dienone is 1. The number of benzene rings is 1. The quantitative estimate of drug-likeness (QED) is 0.499. The molecule has 0 aromatic heterocycles. The lowest BCUT2D eigenvalue weighted by atomic mass is 10.1. The highest BCUT2D eigenvalue weighted by Gasteiger charge is 2.31. The van der Waals surface area contributed by atoms with E-state index < -0.39 is 0 Å². The molecule has 1 aromatic carbocycles. The first-order valence-corrected chi connectivity index (χ1v) is 8.28. The summed E-state index contributed by atoms with van der Waals surface area (Å²) in [6.07, 6.45) is 1.85. The van der Waals surface area contributed by atoms with Crippen LogP contribution < -0.4 is 22.5 Å². The van der Waals surface area contributed by atoms with Gasteiger partial charge in [-0.25, -0.2) is 0 Å². The van der Waals surface area contributed by atoms with Gasteiger partial charge in [0.05, 0.1) is 11.7 Å². The third kappa shape index (κ3) is 3.27. The molecule has 3 rings (SSSR count). The number of para-hydroxylation sites is 1. The number of phenolic OH excluding ortho intramolecular Hbond substituents is 1. The largest absolute Gasteiger partial charge is 0.507 e. The third-order valence-corrected chi connectivity index (χ3v) is 4.63. The van der Waals surface area contributed by atoms with Gasteiger partial charge in [0.1, 0.15) is 11.6 Å². The highest BCUT2D eigenvalue weighted by molar-refractivity contribution is 5.70. The highest BCUT2D eigenvalue weighted by Crippen LogP contribution is 2.26. The van der Waals surface area contributed by atoms with Gasteiger partial charge in [-0.15, -0.1) is 0 Å². The summed E-state index contributed by atoms with van der Waals surface area (Å²) in [6, 6.07) is 7.38. The number of phenols is 1. The topological polar surface area (TPSA) is 117 Å². The maximum absolute atomic E-state index is 9.99. The molecule has 7 heteroatoms. The molecule has 1 saturated heterocycles. The van der Waals surface area contributed by atoms with Crippen molar-refractivity contribution in [3.8, 4) is 5.75 Å².